The molecule has 0 aliphatic carbocycles. The molecule has 112 heavy (non-hydrogen) atoms. The number of benzene rings is 2. The van der Waals surface area contributed by atoms with Crippen LogP contribution in [0, 0.1) is 0 Å². The Balaban J connectivity index is 2.19. The van der Waals surface area contributed by atoms with Crippen molar-refractivity contribution in [3.8, 4) is 17.2 Å². The first-order valence-electron chi connectivity index (χ1n) is 39.7. The van der Waals surface area contributed by atoms with Crippen molar-refractivity contribution in [2.75, 3.05) is 39.4 Å². The number of carbonyl (C=O) groups excluding carboxylic acids is 9. The van der Waals surface area contributed by atoms with E-state index in [0.717, 1.165) is 38.5 Å². The molecule has 0 radical (unpaired) electrons. The standard InChI is InChI=1S/C78H126N12O22/c1-3-5-7-9-11-13-15-17-21-29-41-111-55-44-53(45-56(46-55)112-42-30-22-18-16-14-12-10-8-6-4-2)70(102)82-39-27-19-20-28-40-83-72(104)58(31-23-25-37-79)84-75(107)61(48-66(94)95)88-77(109)63(50-68(98)99)90-78(110)64(51-69(100)101)89-76(108)62(49-67(96)97)87-73(105)59(32-24-26-38-80)85-74(106)60(43-52-33-35-54(91)36-34-52)86-71(103)57(81)47-65(92)93/h33-36,44-46,57-64,91H,3-32,37-43,47-51,79-81H2,1-2H3,(H,82,102)(H,83,104)(H,84,107)(H,85,106)(H,86,103)(H,87,105)(H,88,109)(H,89,108)(H,90,110)(H,92,93)(H,94,95)(H,96,97)(H,98,99)(H,100,101)/t57-,58-,59-,60-,61-,62-,63-,64-/m0/s1. The van der Waals surface area contributed by atoms with Crippen LogP contribution in [0.4, 0.5) is 0 Å². The monoisotopic (exact) mass is 1580 g/mol. The minimum atomic E-state index is -2.30. The highest BCUT2D eigenvalue weighted by Gasteiger charge is 2.37. The highest BCUT2D eigenvalue weighted by Crippen LogP contribution is 2.25. The van der Waals surface area contributed by atoms with Gasteiger partial charge in [-0.3, -0.25) is 67.1 Å². The lowest BCUT2D eigenvalue weighted by atomic mass is 10.0. The summed E-state index contributed by atoms with van der Waals surface area (Å²) in [7, 11) is 0. The van der Waals surface area contributed by atoms with Gasteiger partial charge in [0.1, 0.15) is 59.5 Å². The number of nitrogens with two attached hydrogens (primary N) is 3. The van der Waals surface area contributed by atoms with Crippen LogP contribution < -0.4 is 74.5 Å². The molecule has 0 aliphatic rings. The molecule has 21 N–H and O–H groups in total. The summed E-state index contributed by atoms with van der Waals surface area (Å²) >= 11 is 0. The lowest BCUT2D eigenvalue weighted by Crippen LogP contribution is -2.61. The Morgan fingerprint density at radius 2 is 0.661 bits per heavy atom. The SMILES string of the molecule is CCCCCCCCCCCCOc1cc(OCCCCCCCCCCCC)cc(C(=O)NCCCCCCNC(=O)[C@H](CCCCN)NC(=O)[C@H](CC(=O)O)NC(=O)[C@H](CC(=O)O)NC(=O)[C@H](CC(=O)O)NC(=O)[C@H](CC(=O)O)NC(=O)[C@H](CCCCN)NC(=O)[C@H](Cc2ccc(O)cc2)NC(=O)[C@@H](N)CC(=O)O)c1. The molecule has 34 heteroatoms. The Morgan fingerprint density at radius 3 is 1.03 bits per heavy atom. The van der Waals surface area contributed by atoms with E-state index in [1.807, 2.05) is 16.7 Å². The molecule has 2 aromatic rings. The first kappa shape index (κ1) is 98.4. The van der Waals surface area contributed by atoms with Crippen LogP contribution >= 0.6 is 0 Å². The van der Waals surface area contributed by atoms with E-state index in [9.17, 15) is 97.8 Å². The van der Waals surface area contributed by atoms with E-state index >= 15 is 0 Å². The molecule has 9 amide bonds. The van der Waals surface area contributed by atoms with Crippen LogP contribution in [0.15, 0.2) is 42.5 Å². The summed E-state index contributed by atoms with van der Waals surface area (Å²) in [4.78, 5) is 184. The minimum Gasteiger partial charge on any atom is -0.508 e. The summed E-state index contributed by atoms with van der Waals surface area (Å²) in [6, 6.07) is -4.41. The molecule has 2 aromatic carbocycles. The number of phenols is 1. The fourth-order valence-electron chi connectivity index (χ4n) is 12.0. The van der Waals surface area contributed by atoms with Crippen LogP contribution in [0.25, 0.3) is 0 Å². The largest absolute Gasteiger partial charge is 0.508 e. The van der Waals surface area contributed by atoms with Crippen LogP contribution in [0.2, 0.25) is 0 Å². The van der Waals surface area contributed by atoms with Gasteiger partial charge in [-0.25, -0.2) is 0 Å². The van der Waals surface area contributed by atoms with E-state index in [4.69, 9.17) is 26.7 Å². The van der Waals surface area contributed by atoms with Crippen molar-refractivity contribution in [2.45, 2.75) is 293 Å². The molecule has 0 aliphatic heterocycles. The van der Waals surface area contributed by atoms with E-state index in [1.54, 1.807) is 12.1 Å². The van der Waals surface area contributed by atoms with Gasteiger partial charge in [0.05, 0.1) is 51.4 Å². The number of aliphatic carboxylic acids is 5. The number of nitrogens with one attached hydrogen (secondary N) is 9. The zero-order valence-electron chi connectivity index (χ0n) is 65.3. The maximum Gasteiger partial charge on any atom is 0.305 e. The van der Waals surface area contributed by atoms with Gasteiger partial charge in [-0.15, -0.1) is 0 Å². The third-order valence-electron chi connectivity index (χ3n) is 18.3. The predicted molar refractivity (Wildman–Crippen MR) is 415 cm³/mol. The molecule has 0 saturated carbocycles. The van der Waals surface area contributed by atoms with Gasteiger partial charge in [0.25, 0.3) is 5.91 Å². The second-order valence-electron chi connectivity index (χ2n) is 28.2. The predicted octanol–water partition coefficient (Wildman–Crippen LogP) is 4.99. The lowest BCUT2D eigenvalue weighted by Gasteiger charge is -2.27. The number of hydrogen-bond donors (Lipinski definition) is 18. The normalized spacial score (nSPS) is 13.2. The molecule has 8 atom stereocenters. The maximum atomic E-state index is 14.1. The van der Waals surface area contributed by atoms with E-state index in [0.29, 0.717) is 80.9 Å². The van der Waals surface area contributed by atoms with Gasteiger partial charge in [-0.2, -0.15) is 0 Å². The number of hydrogen-bond acceptors (Lipinski definition) is 20. The highest BCUT2D eigenvalue weighted by molar-refractivity contribution is 6.01. The van der Waals surface area contributed by atoms with Gasteiger partial charge in [0, 0.05) is 31.1 Å². The number of unbranched alkanes of at least 4 members (excludes halogenated alkanes) is 23. The summed E-state index contributed by atoms with van der Waals surface area (Å²) in [5.41, 5.74) is 17.9. The molecule has 0 heterocycles. The quantitative estimate of drug-likeness (QED) is 0.0388. The molecular formula is C78H126N12O22. The van der Waals surface area contributed by atoms with Gasteiger partial charge >= 0.3 is 29.8 Å². The number of carboxylic acid groups (broad SMARTS) is 5. The summed E-state index contributed by atoms with van der Waals surface area (Å²) in [6.07, 6.45) is 20.7. The number of aromatic hydroxyl groups is 1. The first-order chi connectivity index (χ1) is 53.6. The van der Waals surface area contributed by atoms with Gasteiger partial charge in [0.15, 0.2) is 0 Å². The average Bonchev–Trinajstić information content (AvgIpc) is 0.861. The number of carboxylic acids is 5. The Kier molecular flexibility index (Phi) is 51.9. The van der Waals surface area contributed by atoms with E-state index in [1.165, 1.54) is 114 Å². The average molecular weight is 1580 g/mol. The summed E-state index contributed by atoms with van der Waals surface area (Å²) < 4.78 is 12.4. The van der Waals surface area contributed by atoms with E-state index in [-0.39, 0.29) is 63.4 Å². The van der Waals surface area contributed by atoms with Crippen LogP contribution in [0.3, 0.4) is 0 Å². The Morgan fingerprint density at radius 1 is 0.348 bits per heavy atom. The third-order valence-corrected chi connectivity index (χ3v) is 18.3. The molecule has 630 valence electrons. The van der Waals surface area contributed by atoms with Crippen molar-refractivity contribution in [2.24, 2.45) is 17.2 Å². The summed E-state index contributed by atoms with van der Waals surface area (Å²) in [6.45, 7) is 6.24. The zero-order valence-corrected chi connectivity index (χ0v) is 65.3. The molecular weight excluding hydrogens is 1460 g/mol. The van der Waals surface area contributed by atoms with Crippen LogP contribution in [-0.2, 0) is 68.7 Å². The van der Waals surface area contributed by atoms with Gasteiger partial charge in [-0.1, -0.05) is 154 Å². The van der Waals surface area contributed by atoms with Crippen LogP contribution in [0.5, 0.6) is 17.2 Å². The number of rotatable bonds is 67. The molecule has 0 aromatic heterocycles. The van der Waals surface area contributed by atoms with E-state index < -0.39 is 158 Å². The molecule has 0 saturated heterocycles. The molecule has 0 unspecified atom stereocenters. The van der Waals surface area contributed by atoms with Crippen molar-refractivity contribution >= 4 is 83.0 Å². The summed E-state index contributed by atoms with van der Waals surface area (Å²) in [5, 5.41) is 79.5. The Labute approximate surface area is 656 Å². The lowest BCUT2D eigenvalue weighted by molar-refractivity contribution is -0.145. The third kappa shape index (κ3) is 45.6. The van der Waals surface area contributed by atoms with Gasteiger partial charge in [0.2, 0.25) is 47.3 Å². The Bertz CT molecular complexity index is 3170. The van der Waals surface area contributed by atoms with Crippen LogP contribution in [0.1, 0.15) is 254 Å². The molecule has 34 nitrogen and oxygen atoms in total. The fourth-order valence-corrected chi connectivity index (χ4v) is 12.0. The molecule has 2 rings (SSSR count). The second kappa shape index (κ2) is 59.1. The second-order valence-corrected chi connectivity index (χ2v) is 28.2. The molecule has 0 bridgehead atoms. The van der Waals surface area contributed by atoms with Crippen molar-refractivity contribution in [3.05, 3.63) is 53.6 Å². The van der Waals surface area contributed by atoms with Crippen molar-refractivity contribution in [3.63, 3.8) is 0 Å². The van der Waals surface area contributed by atoms with Crippen LogP contribution in [-0.4, -0.2) is 201 Å². The van der Waals surface area contributed by atoms with Crippen molar-refractivity contribution < 1.29 is 107 Å². The van der Waals surface area contributed by atoms with Crippen molar-refractivity contribution in [1.29, 1.82) is 0 Å². The maximum absolute atomic E-state index is 14.1. The topological polar surface area (TPSA) is 565 Å². The number of ether oxygens (including phenoxy) is 2. The smallest absolute Gasteiger partial charge is 0.305 e. The van der Waals surface area contributed by atoms with Gasteiger partial charge < -0.3 is 105 Å². The number of amides is 9. The van der Waals surface area contributed by atoms with Crippen molar-refractivity contribution in [1.82, 2.24) is 47.9 Å². The fraction of sp³-hybridized carbons (Fsp3) is 0.667. The first-order valence-corrected chi connectivity index (χ1v) is 39.7. The molecule has 0 spiro atoms. The van der Waals surface area contributed by atoms with E-state index in [2.05, 4.69) is 51.1 Å². The summed E-state index contributed by atoms with van der Waals surface area (Å²) in [5.74, 6) is -17.7. The minimum absolute atomic E-state index is 0.0139. The highest BCUT2D eigenvalue weighted by atomic mass is 16.5. The number of phenolic OH excluding ortho intramolecular Hbond substituents is 1. The zero-order chi connectivity index (χ0) is 83.0. The van der Waals surface area contributed by atoms with Gasteiger partial charge in [-0.05, 0) is 107 Å². The molecule has 0 fully saturated rings. The Hall–Kier alpha value is -9.70. The number of carbonyl (C=O) groups is 14.